The van der Waals surface area contributed by atoms with E-state index in [1.165, 1.54) is 0 Å². The quantitative estimate of drug-likeness (QED) is 0.749. The number of benzene rings is 1. The molecule has 2 heteroatoms. The van der Waals surface area contributed by atoms with E-state index in [9.17, 15) is 0 Å². The second-order valence-electron chi connectivity index (χ2n) is 4.41. The Bertz CT molecular complexity index is 289. The van der Waals surface area contributed by atoms with Crippen molar-refractivity contribution in [1.29, 1.82) is 0 Å². The van der Waals surface area contributed by atoms with Gasteiger partial charge < -0.3 is 10.5 Å². The second kappa shape index (κ2) is 4.47. The highest BCUT2D eigenvalue weighted by atomic mass is 16.5. The van der Waals surface area contributed by atoms with Crippen LogP contribution in [-0.2, 0) is 11.2 Å². The summed E-state index contributed by atoms with van der Waals surface area (Å²) in [6.45, 7) is 6.89. The molecule has 0 heterocycles. The molecule has 0 aliphatic rings. The van der Waals surface area contributed by atoms with E-state index in [-0.39, 0.29) is 5.60 Å². The zero-order chi connectivity index (χ0) is 10.6. The molecule has 0 aliphatic heterocycles. The number of nitrogens with two attached hydrogens (primary N) is 1. The SMILES string of the molecule is CC(C)(C)OCCc1ccccc1N. The van der Waals surface area contributed by atoms with Gasteiger partial charge in [-0.1, -0.05) is 18.2 Å². The Kier molecular flexibility index (Phi) is 3.53. The summed E-state index contributed by atoms with van der Waals surface area (Å²) in [5.41, 5.74) is 7.76. The van der Waals surface area contributed by atoms with E-state index in [1.54, 1.807) is 0 Å². The van der Waals surface area contributed by atoms with Crippen LogP contribution in [0.3, 0.4) is 0 Å². The van der Waals surface area contributed by atoms with Crippen molar-refractivity contribution in [3.05, 3.63) is 29.8 Å². The lowest BCUT2D eigenvalue weighted by molar-refractivity contribution is -0.000931. The minimum Gasteiger partial charge on any atom is -0.399 e. The first-order valence-corrected chi connectivity index (χ1v) is 4.96. The van der Waals surface area contributed by atoms with E-state index in [0.29, 0.717) is 0 Å². The van der Waals surface area contributed by atoms with Crippen molar-refractivity contribution < 1.29 is 4.74 Å². The Labute approximate surface area is 86.1 Å². The normalized spacial score (nSPS) is 11.6. The van der Waals surface area contributed by atoms with Crippen molar-refractivity contribution in [2.75, 3.05) is 12.3 Å². The molecule has 1 aromatic rings. The maximum Gasteiger partial charge on any atom is 0.0598 e. The largest absolute Gasteiger partial charge is 0.399 e. The Hall–Kier alpha value is -1.02. The van der Waals surface area contributed by atoms with Crippen LogP contribution in [0.15, 0.2) is 24.3 Å². The van der Waals surface area contributed by atoms with Gasteiger partial charge in [-0.05, 0) is 38.8 Å². The standard InChI is InChI=1S/C12H19NO/c1-12(2,3)14-9-8-10-6-4-5-7-11(10)13/h4-7H,8-9,13H2,1-3H3. The van der Waals surface area contributed by atoms with Crippen molar-refractivity contribution in [3.8, 4) is 0 Å². The van der Waals surface area contributed by atoms with Crippen LogP contribution < -0.4 is 5.73 Å². The summed E-state index contributed by atoms with van der Waals surface area (Å²) in [5, 5.41) is 0. The van der Waals surface area contributed by atoms with Gasteiger partial charge in [0.15, 0.2) is 0 Å². The lowest BCUT2D eigenvalue weighted by Crippen LogP contribution is -2.20. The second-order valence-corrected chi connectivity index (χ2v) is 4.41. The molecule has 1 aromatic carbocycles. The number of para-hydroxylation sites is 1. The van der Waals surface area contributed by atoms with E-state index in [1.807, 2.05) is 24.3 Å². The zero-order valence-corrected chi connectivity index (χ0v) is 9.21. The van der Waals surface area contributed by atoms with E-state index in [4.69, 9.17) is 10.5 Å². The molecule has 0 fully saturated rings. The summed E-state index contributed by atoms with van der Waals surface area (Å²) in [6, 6.07) is 7.92. The average molecular weight is 193 g/mol. The van der Waals surface area contributed by atoms with Crippen LogP contribution in [0.5, 0.6) is 0 Å². The molecule has 0 bridgehead atoms. The van der Waals surface area contributed by atoms with Gasteiger partial charge in [0, 0.05) is 5.69 Å². The minimum atomic E-state index is -0.0659. The van der Waals surface area contributed by atoms with Crippen LogP contribution in [0.1, 0.15) is 26.3 Å². The minimum absolute atomic E-state index is 0.0659. The molecule has 0 radical (unpaired) electrons. The first-order chi connectivity index (χ1) is 6.49. The van der Waals surface area contributed by atoms with Crippen LogP contribution in [0.25, 0.3) is 0 Å². The first kappa shape index (κ1) is 11.1. The van der Waals surface area contributed by atoms with E-state index in [0.717, 1.165) is 24.3 Å². The van der Waals surface area contributed by atoms with E-state index >= 15 is 0 Å². The van der Waals surface area contributed by atoms with Gasteiger partial charge >= 0.3 is 0 Å². The number of hydrogen-bond acceptors (Lipinski definition) is 2. The number of ether oxygens (including phenoxy) is 1. The maximum absolute atomic E-state index is 5.81. The van der Waals surface area contributed by atoms with Gasteiger partial charge in [0.2, 0.25) is 0 Å². The van der Waals surface area contributed by atoms with Crippen LogP contribution in [0, 0.1) is 0 Å². The number of hydrogen-bond donors (Lipinski definition) is 1. The molecule has 0 saturated heterocycles. The smallest absolute Gasteiger partial charge is 0.0598 e. The fourth-order valence-electron chi connectivity index (χ4n) is 1.23. The molecule has 0 spiro atoms. The van der Waals surface area contributed by atoms with Crippen molar-refractivity contribution in [2.45, 2.75) is 32.8 Å². The molecule has 0 aliphatic carbocycles. The molecule has 78 valence electrons. The molecule has 0 atom stereocenters. The molecular formula is C12H19NO. The van der Waals surface area contributed by atoms with Crippen molar-refractivity contribution in [1.82, 2.24) is 0 Å². The van der Waals surface area contributed by atoms with Crippen LogP contribution in [0.2, 0.25) is 0 Å². The summed E-state index contributed by atoms with van der Waals surface area (Å²) in [6.07, 6.45) is 0.879. The molecule has 14 heavy (non-hydrogen) atoms. The van der Waals surface area contributed by atoms with Gasteiger partial charge in [-0.15, -0.1) is 0 Å². The highest BCUT2D eigenvalue weighted by Gasteiger charge is 2.09. The van der Waals surface area contributed by atoms with Crippen molar-refractivity contribution in [2.24, 2.45) is 0 Å². The molecular weight excluding hydrogens is 174 g/mol. The van der Waals surface area contributed by atoms with Crippen LogP contribution in [-0.4, -0.2) is 12.2 Å². The average Bonchev–Trinajstić information content (AvgIpc) is 2.06. The lowest BCUT2D eigenvalue weighted by Gasteiger charge is -2.19. The van der Waals surface area contributed by atoms with Gasteiger partial charge in [-0.25, -0.2) is 0 Å². The summed E-state index contributed by atoms with van der Waals surface area (Å²) in [7, 11) is 0. The lowest BCUT2D eigenvalue weighted by atomic mass is 10.1. The molecule has 2 N–H and O–H groups in total. The van der Waals surface area contributed by atoms with Gasteiger partial charge in [0.25, 0.3) is 0 Å². The topological polar surface area (TPSA) is 35.2 Å². The highest BCUT2D eigenvalue weighted by molar-refractivity contribution is 5.46. The van der Waals surface area contributed by atoms with Crippen molar-refractivity contribution in [3.63, 3.8) is 0 Å². The van der Waals surface area contributed by atoms with Crippen LogP contribution in [0.4, 0.5) is 5.69 Å². The number of anilines is 1. The summed E-state index contributed by atoms with van der Waals surface area (Å²) < 4.78 is 5.63. The van der Waals surface area contributed by atoms with Gasteiger partial charge in [-0.3, -0.25) is 0 Å². The Morgan fingerprint density at radius 1 is 1.21 bits per heavy atom. The predicted molar refractivity (Wildman–Crippen MR) is 60.3 cm³/mol. The maximum atomic E-state index is 5.81. The summed E-state index contributed by atoms with van der Waals surface area (Å²) in [5.74, 6) is 0. The summed E-state index contributed by atoms with van der Waals surface area (Å²) >= 11 is 0. The third kappa shape index (κ3) is 3.79. The molecule has 1 rings (SSSR count). The molecule has 0 saturated carbocycles. The van der Waals surface area contributed by atoms with Crippen molar-refractivity contribution >= 4 is 5.69 Å². The highest BCUT2D eigenvalue weighted by Crippen LogP contribution is 2.13. The van der Waals surface area contributed by atoms with Gasteiger partial charge in [0.1, 0.15) is 0 Å². The third-order valence-electron chi connectivity index (χ3n) is 1.96. The molecule has 0 aromatic heterocycles. The monoisotopic (exact) mass is 193 g/mol. The third-order valence-corrected chi connectivity index (χ3v) is 1.96. The van der Waals surface area contributed by atoms with E-state index < -0.39 is 0 Å². The van der Waals surface area contributed by atoms with Crippen LogP contribution >= 0.6 is 0 Å². The molecule has 0 unspecified atom stereocenters. The fraction of sp³-hybridized carbons (Fsp3) is 0.500. The molecule has 0 amide bonds. The predicted octanol–water partition coefficient (Wildman–Crippen LogP) is 2.63. The molecule has 2 nitrogen and oxygen atoms in total. The first-order valence-electron chi connectivity index (χ1n) is 4.96. The Morgan fingerprint density at radius 3 is 2.43 bits per heavy atom. The van der Waals surface area contributed by atoms with E-state index in [2.05, 4.69) is 20.8 Å². The van der Waals surface area contributed by atoms with Gasteiger partial charge in [0.05, 0.1) is 12.2 Å². The summed E-state index contributed by atoms with van der Waals surface area (Å²) in [4.78, 5) is 0. The number of rotatable bonds is 3. The fourth-order valence-corrected chi connectivity index (χ4v) is 1.23. The Morgan fingerprint density at radius 2 is 1.86 bits per heavy atom. The Balaban J connectivity index is 2.43. The zero-order valence-electron chi connectivity index (χ0n) is 9.21. The number of nitrogen functional groups attached to an aromatic ring is 1. The van der Waals surface area contributed by atoms with Gasteiger partial charge in [-0.2, -0.15) is 0 Å².